The Morgan fingerprint density at radius 3 is 3.00 bits per heavy atom. The van der Waals surface area contributed by atoms with E-state index in [0.717, 1.165) is 4.47 Å². The molecule has 5 nitrogen and oxygen atoms in total. The first kappa shape index (κ1) is 12.6. The highest BCUT2D eigenvalue weighted by atomic mass is 79.9. The zero-order chi connectivity index (χ0) is 13.0. The van der Waals surface area contributed by atoms with Gasteiger partial charge in [0.05, 0.1) is 12.1 Å². The van der Waals surface area contributed by atoms with Gasteiger partial charge in [-0.3, -0.25) is 9.48 Å². The number of carbonyl (C=O) groups is 1. The molecule has 2 aromatic rings. The third kappa shape index (κ3) is 3.10. The van der Waals surface area contributed by atoms with Crippen LogP contribution in [-0.4, -0.2) is 22.2 Å². The van der Waals surface area contributed by atoms with Crippen LogP contribution in [0.1, 0.15) is 10.4 Å². The molecule has 0 atom stereocenters. The maximum absolute atomic E-state index is 11.9. The molecule has 18 heavy (non-hydrogen) atoms. The van der Waals surface area contributed by atoms with E-state index in [1.807, 2.05) is 12.3 Å². The van der Waals surface area contributed by atoms with Crippen molar-refractivity contribution in [3.05, 3.63) is 46.7 Å². The van der Waals surface area contributed by atoms with Crippen LogP contribution >= 0.6 is 15.9 Å². The van der Waals surface area contributed by atoms with E-state index in [0.29, 0.717) is 24.3 Å². The number of hydrogen-bond acceptors (Lipinski definition) is 3. The zero-order valence-corrected chi connectivity index (χ0v) is 11.2. The molecule has 1 aromatic heterocycles. The maximum atomic E-state index is 11.9. The molecule has 0 fully saturated rings. The van der Waals surface area contributed by atoms with E-state index < -0.39 is 0 Å². The Hall–Kier alpha value is -1.82. The van der Waals surface area contributed by atoms with Crippen molar-refractivity contribution >= 4 is 27.5 Å². The first-order valence-corrected chi connectivity index (χ1v) is 6.27. The number of nitrogens with two attached hydrogens (primary N) is 1. The van der Waals surface area contributed by atoms with Crippen molar-refractivity contribution in [2.24, 2.45) is 0 Å². The second kappa shape index (κ2) is 5.68. The van der Waals surface area contributed by atoms with Crippen molar-refractivity contribution in [3.63, 3.8) is 0 Å². The third-order valence-electron chi connectivity index (χ3n) is 2.44. The van der Waals surface area contributed by atoms with Gasteiger partial charge in [0.25, 0.3) is 5.91 Å². The van der Waals surface area contributed by atoms with E-state index in [2.05, 4.69) is 26.3 Å². The van der Waals surface area contributed by atoms with Gasteiger partial charge >= 0.3 is 0 Å². The lowest BCUT2D eigenvalue weighted by atomic mass is 10.1. The van der Waals surface area contributed by atoms with E-state index in [-0.39, 0.29) is 5.91 Å². The minimum absolute atomic E-state index is 0.174. The molecule has 0 unspecified atom stereocenters. The van der Waals surface area contributed by atoms with Crippen molar-refractivity contribution < 1.29 is 4.79 Å². The monoisotopic (exact) mass is 308 g/mol. The van der Waals surface area contributed by atoms with Gasteiger partial charge < -0.3 is 11.1 Å². The van der Waals surface area contributed by atoms with Gasteiger partial charge in [0, 0.05) is 29.1 Å². The van der Waals surface area contributed by atoms with E-state index in [4.69, 9.17) is 5.73 Å². The molecule has 0 saturated carbocycles. The lowest BCUT2D eigenvalue weighted by Gasteiger charge is -2.08. The number of nitrogen functional groups attached to an aromatic ring is 1. The Morgan fingerprint density at radius 2 is 2.33 bits per heavy atom. The smallest absolute Gasteiger partial charge is 0.253 e. The normalized spacial score (nSPS) is 10.3. The van der Waals surface area contributed by atoms with Gasteiger partial charge in [-0.1, -0.05) is 15.9 Å². The third-order valence-corrected chi connectivity index (χ3v) is 2.94. The SMILES string of the molecule is Nc1cc(Br)ccc1C(=O)NCCn1cccn1. The van der Waals surface area contributed by atoms with E-state index >= 15 is 0 Å². The first-order valence-electron chi connectivity index (χ1n) is 5.47. The molecule has 0 bridgehead atoms. The van der Waals surface area contributed by atoms with Crippen molar-refractivity contribution in [3.8, 4) is 0 Å². The molecule has 0 aliphatic heterocycles. The van der Waals surface area contributed by atoms with Crippen LogP contribution in [0.25, 0.3) is 0 Å². The van der Waals surface area contributed by atoms with Crippen molar-refractivity contribution in [1.82, 2.24) is 15.1 Å². The largest absolute Gasteiger partial charge is 0.398 e. The number of carbonyl (C=O) groups excluding carboxylic acids is 1. The molecular weight excluding hydrogens is 296 g/mol. The molecule has 0 saturated heterocycles. The molecule has 1 amide bonds. The summed E-state index contributed by atoms with van der Waals surface area (Å²) in [6.45, 7) is 1.14. The van der Waals surface area contributed by atoms with E-state index in [1.54, 1.807) is 29.1 Å². The fraction of sp³-hybridized carbons (Fsp3) is 0.167. The summed E-state index contributed by atoms with van der Waals surface area (Å²) in [5.41, 5.74) is 6.72. The maximum Gasteiger partial charge on any atom is 0.253 e. The summed E-state index contributed by atoms with van der Waals surface area (Å²) in [6.07, 6.45) is 3.55. The number of nitrogens with zero attached hydrogens (tertiary/aromatic N) is 2. The second-order valence-corrected chi connectivity index (χ2v) is 4.67. The minimum Gasteiger partial charge on any atom is -0.398 e. The lowest BCUT2D eigenvalue weighted by molar-refractivity contribution is 0.0953. The molecule has 0 aliphatic rings. The number of nitrogens with one attached hydrogen (secondary N) is 1. The average Bonchev–Trinajstić information content (AvgIpc) is 2.81. The van der Waals surface area contributed by atoms with Gasteiger partial charge in [-0.05, 0) is 24.3 Å². The first-order chi connectivity index (χ1) is 8.66. The summed E-state index contributed by atoms with van der Waals surface area (Å²) in [4.78, 5) is 11.9. The molecule has 0 aliphatic carbocycles. The summed E-state index contributed by atoms with van der Waals surface area (Å²) in [5, 5.41) is 6.85. The summed E-state index contributed by atoms with van der Waals surface area (Å²) >= 11 is 3.30. The fourth-order valence-corrected chi connectivity index (χ4v) is 1.93. The highest BCUT2D eigenvalue weighted by Crippen LogP contribution is 2.18. The van der Waals surface area contributed by atoms with Crippen LogP contribution < -0.4 is 11.1 Å². The van der Waals surface area contributed by atoms with E-state index in [1.165, 1.54) is 0 Å². The van der Waals surface area contributed by atoms with Crippen LogP contribution in [0.15, 0.2) is 41.1 Å². The highest BCUT2D eigenvalue weighted by molar-refractivity contribution is 9.10. The number of amides is 1. The zero-order valence-electron chi connectivity index (χ0n) is 9.64. The molecule has 6 heteroatoms. The summed E-state index contributed by atoms with van der Waals surface area (Å²) < 4.78 is 2.61. The van der Waals surface area contributed by atoms with Crippen LogP contribution in [0, 0.1) is 0 Å². The van der Waals surface area contributed by atoms with Gasteiger partial charge in [-0.2, -0.15) is 5.10 Å². The van der Waals surface area contributed by atoms with Crippen molar-refractivity contribution in [1.29, 1.82) is 0 Å². The number of benzene rings is 1. The summed E-state index contributed by atoms with van der Waals surface area (Å²) in [5.74, 6) is -0.174. The summed E-state index contributed by atoms with van der Waals surface area (Å²) in [7, 11) is 0. The van der Waals surface area contributed by atoms with Gasteiger partial charge in [-0.15, -0.1) is 0 Å². The number of hydrogen-bond donors (Lipinski definition) is 2. The van der Waals surface area contributed by atoms with Gasteiger partial charge in [0.1, 0.15) is 0 Å². The molecular formula is C12H13BrN4O. The predicted octanol–water partition coefficient (Wildman–Crippen LogP) is 1.66. The summed E-state index contributed by atoms with van der Waals surface area (Å²) in [6, 6.07) is 7.04. The Balaban J connectivity index is 1.91. The number of aromatic nitrogens is 2. The molecule has 0 spiro atoms. The van der Waals surface area contributed by atoms with Gasteiger partial charge in [0.15, 0.2) is 0 Å². The number of rotatable bonds is 4. The Kier molecular flexibility index (Phi) is 3.99. The topological polar surface area (TPSA) is 72.9 Å². The Bertz CT molecular complexity index is 539. The number of anilines is 1. The van der Waals surface area contributed by atoms with Crippen LogP contribution in [0.2, 0.25) is 0 Å². The predicted molar refractivity (Wildman–Crippen MR) is 73.1 cm³/mol. The van der Waals surface area contributed by atoms with Crippen molar-refractivity contribution in [2.75, 3.05) is 12.3 Å². The lowest BCUT2D eigenvalue weighted by Crippen LogP contribution is -2.28. The highest BCUT2D eigenvalue weighted by Gasteiger charge is 2.08. The minimum atomic E-state index is -0.174. The van der Waals surface area contributed by atoms with Crippen LogP contribution in [0.3, 0.4) is 0 Å². The van der Waals surface area contributed by atoms with Crippen molar-refractivity contribution in [2.45, 2.75) is 6.54 Å². The van der Waals surface area contributed by atoms with Crippen LogP contribution in [0.5, 0.6) is 0 Å². The molecule has 2 rings (SSSR count). The standard InChI is InChI=1S/C12H13BrN4O/c13-9-2-3-10(11(14)8-9)12(18)15-5-7-17-6-1-4-16-17/h1-4,6,8H,5,7,14H2,(H,15,18). The molecule has 94 valence electrons. The molecule has 0 radical (unpaired) electrons. The Morgan fingerprint density at radius 1 is 1.50 bits per heavy atom. The molecule has 3 N–H and O–H groups in total. The molecule has 1 aromatic carbocycles. The average molecular weight is 309 g/mol. The molecule has 1 heterocycles. The number of halogens is 1. The van der Waals surface area contributed by atoms with Crippen LogP contribution in [0.4, 0.5) is 5.69 Å². The quantitative estimate of drug-likeness (QED) is 0.844. The Labute approximate surface area is 113 Å². The van der Waals surface area contributed by atoms with Gasteiger partial charge in [0.2, 0.25) is 0 Å². The van der Waals surface area contributed by atoms with Gasteiger partial charge in [-0.25, -0.2) is 0 Å². The second-order valence-electron chi connectivity index (χ2n) is 3.76. The van der Waals surface area contributed by atoms with Crippen LogP contribution in [-0.2, 0) is 6.54 Å². The fourth-order valence-electron chi connectivity index (χ4n) is 1.55. The van der Waals surface area contributed by atoms with E-state index in [9.17, 15) is 4.79 Å².